The van der Waals surface area contributed by atoms with E-state index in [0.29, 0.717) is 6.54 Å². The number of hydrogen-bond acceptors (Lipinski definition) is 2. The summed E-state index contributed by atoms with van der Waals surface area (Å²) in [5, 5.41) is 9.41. The predicted molar refractivity (Wildman–Crippen MR) is 119 cm³/mol. The molecule has 5 nitrogen and oxygen atoms in total. The Labute approximate surface area is 172 Å². The van der Waals surface area contributed by atoms with Gasteiger partial charge in [-0.3, -0.25) is 4.79 Å². The first kappa shape index (κ1) is 22.0. The molecule has 6 heteroatoms. The first-order valence-electron chi connectivity index (χ1n) is 8.51. The Morgan fingerprint density at radius 3 is 2.54 bits per heavy atom. The van der Waals surface area contributed by atoms with Crippen LogP contribution < -0.4 is 16.0 Å². The monoisotopic (exact) mass is 466 g/mol. The zero-order chi connectivity index (χ0) is 18.1. The molecule has 3 N–H and O–H groups in total. The zero-order valence-electron chi connectivity index (χ0n) is 15.5. The fourth-order valence-electron chi connectivity index (χ4n) is 2.45. The van der Waals surface area contributed by atoms with E-state index in [1.807, 2.05) is 43.3 Å². The smallest absolute Gasteiger partial charge is 0.221 e. The van der Waals surface area contributed by atoms with Crippen molar-refractivity contribution in [2.24, 2.45) is 4.99 Å². The van der Waals surface area contributed by atoms with Crippen LogP contribution in [0.1, 0.15) is 30.5 Å². The number of amides is 1. The molecule has 0 radical (unpaired) electrons. The van der Waals surface area contributed by atoms with Gasteiger partial charge in [0.1, 0.15) is 0 Å². The summed E-state index contributed by atoms with van der Waals surface area (Å²) in [5.74, 6) is 0.699. The van der Waals surface area contributed by atoms with E-state index >= 15 is 0 Å². The molecule has 140 valence electrons. The Hall–Kier alpha value is -2.09. The minimum absolute atomic E-state index is 0. The van der Waals surface area contributed by atoms with Crippen LogP contribution in [0.5, 0.6) is 0 Å². The van der Waals surface area contributed by atoms with Crippen LogP contribution in [0.25, 0.3) is 0 Å². The van der Waals surface area contributed by atoms with Gasteiger partial charge in [0.25, 0.3) is 0 Å². The molecule has 0 unspecified atom stereocenters. The number of aryl methyl sites for hydroxylation is 1. The van der Waals surface area contributed by atoms with E-state index in [9.17, 15) is 4.79 Å². The van der Waals surface area contributed by atoms with E-state index in [1.54, 1.807) is 0 Å². The van der Waals surface area contributed by atoms with Gasteiger partial charge in [-0.15, -0.1) is 24.0 Å². The number of nitrogens with one attached hydrogen (secondary N) is 3. The normalized spacial score (nSPS) is 10.7. The van der Waals surface area contributed by atoms with E-state index in [-0.39, 0.29) is 29.9 Å². The summed E-state index contributed by atoms with van der Waals surface area (Å²) in [6.45, 7) is 7.72. The molecule has 0 heterocycles. The zero-order valence-corrected chi connectivity index (χ0v) is 17.8. The van der Waals surface area contributed by atoms with Crippen LogP contribution in [-0.4, -0.2) is 18.4 Å². The summed E-state index contributed by atoms with van der Waals surface area (Å²) in [6, 6.07) is 16.0. The minimum Gasteiger partial charge on any atom is -0.357 e. The van der Waals surface area contributed by atoms with E-state index in [2.05, 4.69) is 40.0 Å². The Morgan fingerprint density at radius 2 is 1.85 bits per heavy atom. The first-order valence-corrected chi connectivity index (χ1v) is 8.51. The lowest BCUT2D eigenvalue weighted by Gasteiger charge is -2.13. The molecule has 0 aliphatic carbocycles. The van der Waals surface area contributed by atoms with Gasteiger partial charge in [0.2, 0.25) is 5.91 Å². The number of rotatable bonds is 6. The van der Waals surface area contributed by atoms with Crippen LogP contribution in [0, 0.1) is 6.92 Å². The van der Waals surface area contributed by atoms with E-state index in [1.165, 1.54) is 18.1 Å². The van der Waals surface area contributed by atoms with Crippen LogP contribution in [0.2, 0.25) is 0 Å². The molecule has 0 spiro atoms. The molecule has 1 amide bonds. The second kappa shape index (κ2) is 11.5. The fourth-order valence-corrected chi connectivity index (χ4v) is 2.45. The van der Waals surface area contributed by atoms with Crippen LogP contribution in [-0.2, 0) is 17.9 Å². The number of halogens is 1. The minimum atomic E-state index is -0.0751. The third kappa shape index (κ3) is 7.43. The number of guanidine groups is 1. The van der Waals surface area contributed by atoms with Crippen molar-refractivity contribution < 1.29 is 4.79 Å². The van der Waals surface area contributed by atoms with Crippen molar-refractivity contribution in [1.29, 1.82) is 0 Å². The van der Waals surface area contributed by atoms with Crippen molar-refractivity contribution in [1.82, 2.24) is 10.6 Å². The van der Waals surface area contributed by atoms with Crippen molar-refractivity contribution in [3.05, 3.63) is 65.2 Å². The molecule has 0 saturated carbocycles. The SMILES string of the molecule is CCNC(=NCc1cccc(NC(C)=O)c1)NCc1ccccc1C.I. The Morgan fingerprint density at radius 1 is 1.08 bits per heavy atom. The lowest BCUT2D eigenvalue weighted by molar-refractivity contribution is -0.114. The number of aliphatic imine (C=N–C) groups is 1. The van der Waals surface area contributed by atoms with Crippen LogP contribution in [0.15, 0.2) is 53.5 Å². The number of nitrogens with zero attached hydrogens (tertiary/aromatic N) is 1. The fraction of sp³-hybridized carbons (Fsp3) is 0.300. The van der Waals surface area contributed by atoms with E-state index in [0.717, 1.165) is 30.3 Å². The van der Waals surface area contributed by atoms with Gasteiger partial charge in [-0.25, -0.2) is 4.99 Å². The van der Waals surface area contributed by atoms with Crippen LogP contribution in [0.3, 0.4) is 0 Å². The molecule has 2 rings (SSSR count). The Bertz CT molecular complexity index is 746. The maximum Gasteiger partial charge on any atom is 0.221 e. The summed E-state index contributed by atoms with van der Waals surface area (Å²) in [4.78, 5) is 15.8. The molecule has 0 aliphatic heterocycles. The molecule has 0 saturated heterocycles. The van der Waals surface area contributed by atoms with Gasteiger partial charge in [0.05, 0.1) is 6.54 Å². The molecule has 2 aromatic rings. The summed E-state index contributed by atoms with van der Waals surface area (Å²) < 4.78 is 0. The molecule has 2 aromatic carbocycles. The summed E-state index contributed by atoms with van der Waals surface area (Å²) in [7, 11) is 0. The predicted octanol–water partition coefficient (Wildman–Crippen LogP) is 3.83. The number of carbonyl (C=O) groups is 1. The Kier molecular flexibility index (Phi) is 9.72. The highest BCUT2D eigenvalue weighted by Crippen LogP contribution is 2.11. The largest absolute Gasteiger partial charge is 0.357 e. The van der Waals surface area contributed by atoms with Crippen molar-refractivity contribution in [2.75, 3.05) is 11.9 Å². The average Bonchev–Trinajstić information content (AvgIpc) is 2.58. The molecule has 0 aromatic heterocycles. The van der Waals surface area contributed by atoms with E-state index < -0.39 is 0 Å². The lowest BCUT2D eigenvalue weighted by atomic mass is 10.1. The highest BCUT2D eigenvalue weighted by atomic mass is 127. The molecule has 0 bridgehead atoms. The molecular formula is C20H27IN4O. The van der Waals surface area contributed by atoms with Crippen LogP contribution in [0.4, 0.5) is 5.69 Å². The summed E-state index contributed by atoms with van der Waals surface area (Å²) in [5.41, 5.74) is 4.34. The topological polar surface area (TPSA) is 65.5 Å². The summed E-state index contributed by atoms with van der Waals surface area (Å²) in [6.07, 6.45) is 0. The van der Waals surface area contributed by atoms with Gasteiger partial charge in [-0.05, 0) is 42.7 Å². The third-order valence-corrected chi connectivity index (χ3v) is 3.72. The van der Waals surface area contributed by atoms with Crippen molar-refractivity contribution in [3.63, 3.8) is 0 Å². The van der Waals surface area contributed by atoms with Gasteiger partial charge in [-0.2, -0.15) is 0 Å². The number of carbonyl (C=O) groups excluding carboxylic acids is 1. The third-order valence-electron chi connectivity index (χ3n) is 3.72. The van der Waals surface area contributed by atoms with Gasteiger partial charge in [-0.1, -0.05) is 36.4 Å². The summed E-state index contributed by atoms with van der Waals surface area (Å²) >= 11 is 0. The van der Waals surface area contributed by atoms with Crippen LogP contribution >= 0.6 is 24.0 Å². The van der Waals surface area contributed by atoms with E-state index in [4.69, 9.17) is 0 Å². The standard InChI is InChI=1S/C20H26N4O.HI/c1-4-21-20(23-14-18-10-6-5-8-15(18)2)22-13-17-9-7-11-19(12-17)24-16(3)25;/h5-12H,4,13-14H2,1-3H3,(H,24,25)(H2,21,22,23);1H. The number of benzene rings is 2. The lowest BCUT2D eigenvalue weighted by Crippen LogP contribution is -2.36. The average molecular weight is 466 g/mol. The maximum atomic E-state index is 11.2. The number of hydrogen-bond donors (Lipinski definition) is 3. The van der Waals surface area contributed by atoms with Gasteiger partial charge in [0.15, 0.2) is 5.96 Å². The Balaban J connectivity index is 0.00000338. The maximum absolute atomic E-state index is 11.2. The quantitative estimate of drug-likeness (QED) is 0.345. The first-order chi connectivity index (χ1) is 12.1. The van der Waals surface area contributed by atoms with Gasteiger partial charge in [0, 0.05) is 25.7 Å². The van der Waals surface area contributed by atoms with Crippen molar-refractivity contribution in [2.45, 2.75) is 33.9 Å². The van der Waals surface area contributed by atoms with Gasteiger partial charge >= 0.3 is 0 Å². The van der Waals surface area contributed by atoms with Crippen molar-refractivity contribution in [3.8, 4) is 0 Å². The van der Waals surface area contributed by atoms with Gasteiger partial charge < -0.3 is 16.0 Å². The molecule has 0 fully saturated rings. The highest BCUT2D eigenvalue weighted by Gasteiger charge is 2.02. The molecule has 0 aliphatic rings. The second-order valence-corrected chi connectivity index (χ2v) is 5.86. The second-order valence-electron chi connectivity index (χ2n) is 5.86. The molecular weight excluding hydrogens is 439 g/mol. The number of anilines is 1. The molecule has 0 atom stereocenters. The molecule has 26 heavy (non-hydrogen) atoms. The van der Waals surface area contributed by atoms with Crippen molar-refractivity contribution >= 4 is 41.5 Å². The highest BCUT2D eigenvalue weighted by molar-refractivity contribution is 14.0.